The number of hydrogen-bond acceptors (Lipinski definition) is 0. The van der Waals surface area contributed by atoms with Gasteiger partial charge in [0.15, 0.2) is 0 Å². The van der Waals surface area contributed by atoms with Gasteiger partial charge in [0, 0.05) is 0 Å². The van der Waals surface area contributed by atoms with Crippen LogP contribution in [0.1, 0.15) is 51.3 Å². The lowest BCUT2D eigenvalue weighted by Gasteiger charge is -2.27. The molecule has 32 heavy (non-hydrogen) atoms. The Labute approximate surface area is 195 Å². The molecule has 4 aromatic carbocycles. The first-order valence-corrected chi connectivity index (χ1v) is 12.2. The summed E-state index contributed by atoms with van der Waals surface area (Å²) in [4.78, 5) is 0. The minimum Gasteiger partial charge on any atom is -0.0683 e. The molecule has 0 aliphatic rings. The van der Waals surface area contributed by atoms with Gasteiger partial charge in [0.25, 0.3) is 0 Å². The van der Waals surface area contributed by atoms with Gasteiger partial charge in [0.1, 0.15) is 0 Å². The van der Waals surface area contributed by atoms with Crippen molar-refractivity contribution in [2.45, 2.75) is 53.9 Å². The quantitative estimate of drug-likeness (QED) is 0.291. The monoisotopic (exact) mass is 420 g/mol. The minimum absolute atomic E-state index is 1.02. The zero-order valence-corrected chi connectivity index (χ0v) is 20.3. The van der Waals surface area contributed by atoms with Crippen LogP contribution in [-0.2, 0) is 19.3 Å². The minimum atomic E-state index is 1.02. The van der Waals surface area contributed by atoms with Gasteiger partial charge in [0.2, 0.25) is 0 Å². The zero-order chi connectivity index (χ0) is 22.9. The summed E-state index contributed by atoms with van der Waals surface area (Å²) in [6.45, 7) is 10.9. The Hall–Kier alpha value is -3.12. The van der Waals surface area contributed by atoms with E-state index >= 15 is 0 Å². The average molecular weight is 421 g/mol. The summed E-state index contributed by atoms with van der Waals surface area (Å²) in [5.74, 6) is 0. The molecule has 0 aliphatic carbocycles. The van der Waals surface area contributed by atoms with Crippen LogP contribution in [0.5, 0.6) is 0 Å². The van der Waals surface area contributed by atoms with Crippen molar-refractivity contribution in [3.8, 4) is 33.4 Å². The van der Waals surface area contributed by atoms with Gasteiger partial charge in [0.05, 0.1) is 0 Å². The lowest BCUT2D eigenvalue weighted by atomic mass is 9.77. The smallest absolute Gasteiger partial charge is 0.0107 e. The van der Waals surface area contributed by atoms with Gasteiger partial charge >= 0.3 is 0 Å². The predicted molar refractivity (Wildman–Crippen MR) is 142 cm³/mol. The molecule has 0 bridgehead atoms. The lowest BCUT2D eigenvalue weighted by molar-refractivity contribution is 1.05. The third-order valence-corrected chi connectivity index (χ3v) is 6.06. The molecule has 0 amide bonds. The van der Waals surface area contributed by atoms with Crippen molar-refractivity contribution in [2.24, 2.45) is 0 Å². The van der Waals surface area contributed by atoms with Gasteiger partial charge in [-0.25, -0.2) is 0 Å². The molecule has 0 aromatic heterocycles. The molecule has 0 saturated heterocycles. The molecule has 0 heteroatoms. The van der Waals surface area contributed by atoms with Gasteiger partial charge in [-0.3, -0.25) is 0 Å². The molecule has 0 atom stereocenters. The molecule has 0 aliphatic heterocycles. The molecule has 0 nitrogen and oxygen atoms in total. The van der Waals surface area contributed by atoms with Crippen molar-refractivity contribution in [2.75, 3.05) is 0 Å². The van der Waals surface area contributed by atoms with Crippen LogP contribution < -0.4 is 0 Å². The molecule has 0 heterocycles. The first-order valence-electron chi connectivity index (χ1n) is 12.2. The summed E-state index contributed by atoms with van der Waals surface area (Å²) < 4.78 is 0. The Kier molecular flexibility index (Phi) is 8.45. The second-order valence-corrected chi connectivity index (χ2v) is 7.72. The van der Waals surface area contributed by atoms with E-state index in [1.807, 2.05) is 13.8 Å². The van der Waals surface area contributed by atoms with Crippen molar-refractivity contribution in [1.82, 2.24) is 0 Å². The second-order valence-electron chi connectivity index (χ2n) is 7.72. The summed E-state index contributed by atoms with van der Waals surface area (Å²) in [6, 6.07) is 32.9. The highest BCUT2D eigenvalue weighted by Gasteiger charge is 2.23. The van der Waals surface area contributed by atoms with E-state index in [2.05, 4.69) is 112 Å². The SMILES string of the molecule is CC.CCc1c(-c2ccccc2)c(CC)c(-c2ccccc2)c(CC)c1-c1ccccc1. The van der Waals surface area contributed by atoms with Gasteiger partial charge in [-0.1, -0.05) is 126 Å². The Morgan fingerprint density at radius 3 is 0.781 bits per heavy atom. The van der Waals surface area contributed by atoms with Crippen LogP contribution in [0.15, 0.2) is 91.0 Å². The van der Waals surface area contributed by atoms with E-state index < -0.39 is 0 Å². The Bertz CT molecular complexity index is 940. The first-order chi connectivity index (χ1) is 15.8. The maximum atomic E-state index is 2.30. The standard InChI is InChI=1S/C30H30.C2H6/c1-4-25-28(22-16-10-7-11-17-22)26(5-2)30(24-20-14-9-15-21-24)27(6-3)29(25)23-18-12-8-13-19-23;1-2/h7-21H,4-6H2,1-3H3;1-2H3. The fraction of sp³-hybridized carbons (Fsp3) is 0.250. The van der Waals surface area contributed by atoms with Crippen molar-refractivity contribution < 1.29 is 0 Å². The summed E-state index contributed by atoms with van der Waals surface area (Å²) in [5, 5.41) is 0. The van der Waals surface area contributed by atoms with Gasteiger partial charge < -0.3 is 0 Å². The predicted octanol–water partition coefficient (Wildman–Crippen LogP) is 9.40. The Balaban J connectivity index is 0.00000141. The highest BCUT2D eigenvalue weighted by Crippen LogP contribution is 2.45. The highest BCUT2D eigenvalue weighted by atomic mass is 14.3. The molecule has 0 N–H and O–H groups in total. The van der Waals surface area contributed by atoms with Crippen LogP contribution in [0.25, 0.3) is 33.4 Å². The Morgan fingerprint density at radius 1 is 0.375 bits per heavy atom. The summed E-state index contributed by atoms with van der Waals surface area (Å²) in [5.41, 5.74) is 12.7. The molecule has 164 valence electrons. The molecular weight excluding hydrogens is 384 g/mol. The van der Waals surface area contributed by atoms with E-state index in [0.717, 1.165) is 19.3 Å². The van der Waals surface area contributed by atoms with Crippen molar-refractivity contribution >= 4 is 0 Å². The third-order valence-electron chi connectivity index (χ3n) is 6.06. The van der Waals surface area contributed by atoms with Crippen LogP contribution >= 0.6 is 0 Å². The maximum Gasteiger partial charge on any atom is -0.0107 e. The van der Waals surface area contributed by atoms with E-state index in [1.54, 1.807) is 0 Å². The molecule has 0 spiro atoms. The third kappa shape index (κ3) is 4.55. The number of rotatable bonds is 6. The van der Waals surface area contributed by atoms with E-state index in [4.69, 9.17) is 0 Å². The van der Waals surface area contributed by atoms with E-state index in [0.29, 0.717) is 0 Å². The topological polar surface area (TPSA) is 0 Å². The van der Waals surface area contributed by atoms with E-state index in [1.165, 1.54) is 50.1 Å². The first kappa shape index (κ1) is 23.5. The van der Waals surface area contributed by atoms with Crippen LogP contribution in [0.2, 0.25) is 0 Å². The van der Waals surface area contributed by atoms with Gasteiger partial charge in [-0.05, 0) is 69.3 Å². The second kappa shape index (κ2) is 11.5. The molecule has 0 radical (unpaired) electrons. The fourth-order valence-corrected chi connectivity index (χ4v) is 4.84. The highest BCUT2D eigenvalue weighted by molar-refractivity contribution is 5.92. The molecule has 0 fully saturated rings. The van der Waals surface area contributed by atoms with E-state index in [-0.39, 0.29) is 0 Å². The van der Waals surface area contributed by atoms with Crippen molar-refractivity contribution in [3.05, 3.63) is 108 Å². The van der Waals surface area contributed by atoms with Gasteiger partial charge in [-0.2, -0.15) is 0 Å². The Morgan fingerprint density at radius 2 is 0.594 bits per heavy atom. The molecule has 4 rings (SSSR count). The molecule has 4 aromatic rings. The number of benzene rings is 4. The molecule has 0 saturated carbocycles. The van der Waals surface area contributed by atoms with Crippen LogP contribution in [-0.4, -0.2) is 0 Å². The average Bonchev–Trinajstić information content (AvgIpc) is 2.89. The summed E-state index contributed by atoms with van der Waals surface area (Å²) >= 11 is 0. The lowest BCUT2D eigenvalue weighted by Crippen LogP contribution is -2.06. The van der Waals surface area contributed by atoms with Crippen LogP contribution in [0.4, 0.5) is 0 Å². The molecular formula is C32H36. The van der Waals surface area contributed by atoms with Crippen molar-refractivity contribution in [1.29, 1.82) is 0 Å². The number of hydrogen-bond donors (Lipinski definition) is 0. The maximum absolute atomic E-state index is 2.30. The van der Waals surface area contributed by atoms with Crippen LogP contribution in [0.3, 0.4) is 0 Å². The normalized spacial score (nSPS) is 10.4. The van der Waals surface area contributed by atoms with Crippen molar-refractivity contribution in [3.63, 3.8) is 0 Å². The van der Waals surface area contributed by atoms with Crippen LogP contribution in [0, 0.1) is 0 Å². The van der Waals surface area contributed by atoms with E-state index in [9.17, 15) is 0 Å². The van der Waals surface area contributed by atoms with Gasteiger partial charge in [-0.15, -0.1) is 0 Å². The fourth-order valence-electron chi connectivity index (χ4n) is 4.84. The largest absolute Gasteiger partial charge is 0.0683 e. The summed E-state index contributed by atoms with van der Waals surface area (Å²) in [6.07, 6.45) is 3.05. The zero-order valence-electron chi connectivity index (χ0n) is 20.3. The molecule has 0 unspecified atom stereocenters. The summed E-state index contributed by atoms with van der Waals surface area (Å²) in [7, 11) is 0.